The van der Waals surface area contributed by atoms with Gasteiger partial charge in [-0.15, -0.1) is 0 Å². The molecule has 0 N–H and O–H groups in total. The molecule has 0 saturated carbocycles. The molecule has 0 radical (unpaired) electrons. The third-order valence-corrected chi connectivity index (χ3v) is 2.53. The average Bonchev–Trinajstić information content (AvgIpc) is 2.15. The van der Waals surface area contributed by atoms with Gasteiger partial charge >= 0.3 is 5.69 Å². The van der Waals surface area contributed by atoms with Gasteiger partial charge in [0.15, 0.2) is 5.75 Å². The maximum absolute atomic E-state index is 10.8. The Hall–Kier alpha value is -1.87. The molecule has 0 heterocycles. The lowest BCUT2D eigenvalue weighted by Gasteiger charge is -2.18. The van der Waals surface area contributed by atoms with E-state index in [9.17, 15) is 10.1 Å². The number of nitro benzene ring substituents is 1. The van der Waals surface area contributed by atoms with Gasteiger partial charge in [0.1, 0.15) is 0 Å². The highest BCUT2D eigenvalue weighted by molar-refractivity contribution is 6.70. The molecule has 0 saturated heterocycles. The number of nitrogens with zero attached hydrogens (tertiary/aromatic N) is 2. The summed E-state index contributed by atoms with van der Waals surface area (Å²) in [5.74, 6) is 0.239. The predicted octanol–water partition coefficient (Wildman–Crippen LogP) is 2.68. The van der Waals surface area contributed by atoms with Gasteiger partial charge in [0.25, 0.3) is 0 Å². The second-order valence-electron chi connectivity index (χ2n) is 4.27. The standard InChI is InChI=1S/C10H12N2O3Si/c1-16(2,3)15-10-5-4-8(7-11)6-9(10)12(13)14/h4-6H,1-3H3. The molecule has 84 valence electrons. The molecule has 16 heavy (non-hydrogen) atoms. The van der Waals surface area contributed by atoms with Crippen LogP contribution in [-0.4, -0.2) is 13.2 Å². The van der Waals surface area contributed by atoms with E-state index in [2.05, 4.69) is 0 Å². The van der Waals surface area contributed by atoms with Crippen molar-refractivity contribution in [3.05, 3.63) is 33.9 Å². The van der Waals surface area contributed by atoms with E-state index in [0.29, 0.717) is 0 Å². The van der Waals surface area contributed by atoms with Crippen molar-refractivity contribution in [3.8, 4) is 11.8 Å². The van der Waals surface area contributed by atoms with Crippen LogP contribution in [0.15, 0.2) is 18.2 Å². The summed E-state index contributed by atoms with van der Waals surface area (Å²) in [6, 6.07) is 6.09. The van der Waals surface area contributed by atoms with Crippen LogP contribution in [0.4, 0.5) is 5.69 Å². The summed E-state index contributed by atoms with van der Waals surface area (Å²) < 4.78 is 5.58. The minimum absolute atomic E-state index is 0.151. The third kappa shape index (κ3) is 3.07. The average molecular weight is 236 g/mol. The fourth-order valence-electron chi connectivity index (χ4n) is 1.15. The first-order valence-electron chi connectivity index (χ1n) is 4.71. The zero-order valence-electron chi connectivity index (χ0n) is 9.35. The van der Waals surface area contributed by atoms with E-state index in [-0.39, 0.29) is 17.0 Å². The number of nitro groups is 1. The van der Waals surface area contributed by atoms with E-state index in [1.807, 2.05) is 25.7 Å². The highest BCUT2D eigenvalue weighted by Gasteiger charge is 2.23. The Balaban J connectivity index is 3.20. The SMILES string of the molecule is C[Si](C)(C)Oc1ccc(C#N)cc1[N+](=O)[O-]. The third-order valence-electron chi connectivity index (χ3n) is 1.70. The summed E-state index contributed by atoms with van der Waals surface area (Å²) >= 11 is 0. The lowest BCUT2D eigenvalue weighted by Crippen LogP contribution is -2.29. The van der Waals surface area contributed by atoms with E-state index in [1.54, 1.807) is 0 Å². The molecule has 0 aliphatic heterocycles. The molecule has 0 aliphatic carbocycles. The van der Waals surface area contributed by atoms with Gasteiger partial charge < -0.3 is 4.43 Å². The van der Waals surface area contributed by atoms with E-state index >= 15 is 0 Å². The van der Waals surface area contributed by atoms with Crippen LogP contribution in [0.5, 0.6) is 5.75 Å². The lowest BCUT2D eigenvalue weighted by atomic mass is 10.2. The van der Waals surface area contributed by atoms with Gasteiger partial charge in [-0.05, 0) is 31.8 Å². The summed E-state index contributed by atoms with van der Waals surface area (Å²) in [7, 11) is -1.89. The predicted molar refractivity (Wildman–Crippen MR) is 61.8 cm³/mol. The first kappa shape index (κ1) is 12.2. The molecular formula is C10H12N2O3Si. The van der Waals surface area contributed by atoms with Crippen molar-refractivity contribution < 1.29 is 9.35 Å². The number of benzene rings is 1. The Bertz CT molecular complexity index is 460. The molecule has 6 heteroatoms. The molecule has 0 bridgehead atoms. The Morgan fingerprint density at radius 2 is 2.06 bits per heavy atom. The molecule has 0 aliphatic rings. The maximum atomic E-state index is 10.8. The second-order valence-corrected chi connectivity index (χ2v) is 8.69. The normalized spacial score (nSPS) is 10.6. The van der Waals surface area contributed by atoms with E-state index in [1.165, 1.54) is 18.2 Å². The molecule has 1 aromatic carbocycles. The Morgan fingerprint density at radius 1 is 1.44 bits per heavy atom. The second kappa shape index (κ2) is 4.33. The Kier molecular flexibility index (Phi) is 3.30. The van der Waals surface area contributed by atoms with Crippen LogP contribution < -0.4 is 4.43 Å². The lowest BCUT2D eigenvalue weighted by molar-refractivity contribution is -0.385. The van der Waals surface area contributed by atoms with Crippen LogP contribution in [0.25, 0.3) is 0 Å². The number of nitriles is 1. The topological polar surface area (TPSA) is 76.2 Å². The summed E-state index contributed by atoms with van der Waals surface area (Å²) in [6.07, 6.45) is 0. The first-order chi connectivity index (χ1) is 7.33. The summed E-state index contributed by atoms with van der Waals surface area (Å²) in [5.41, 5.74) is 0.108. The van der Waals surface area contributed by atoms with Gasteiger partial charge in [-0.3, -0.25) is 10.1 Å². The van der Waals surface area contributed by atoms with Crippen molar-refractivity contribution in [3.63, 3.8) is 0 Å². The van der Waals surface area contributed by atoms with Gasteiger partial charge in [-0.2, -0.15) is 5.26 Å². The molecular weight excluding hydrogens is 224 g/mol. The molecule has 0 spiro atoms. The van der Waals surface area contributed by atoms with Crippen molar-refractivity contribution in [1.29, 1.82) is 5.26 Å². The monoisotopic (exact) mass is 236 g/mol. The fraction of sp³-hybridized carbons (Fsp3) is 0.300. The number of hydrogen-bond acceptors (Lipinski definition) is 4. The van der Waals surface area contributed by atoms with Crippen LogP contribution in [-0.2, 0) is 0 Å². The van der Waals surface area contributed by atoms with Crippen LogP contribution in [0.2, 0.25) is 19.6 Å². The van der Waals surface area contributed by atoms with Crippen LogP contribution in [0.3, 0.4) is 0 Å². The van der Waals surface area contributed by atoms with E-state index < -0.39 is 13.2 Å². The molecule has 0 unspecified atom stereocenters. The summed E-state index contributed by atoms with van der Waals surface area (Å²) in [5, 5.41) is 19.5. The van der Waals surface area contributed by atoms with Crippen molar-refractivity contribution >= 4 is 14.0 Å². The molecule has 1 aromatic rings. The molecule has 0 atom stereocenters. The zero-order chi connectivity index (χ0) is 12.3. The van der Waals surface area contributed by atoms with Crippen LogP contribution in [0, 0.1) is 21.4 Å². The molecule has 0 amide bonds. The van der Waals surface area contributed by atoms with E-state index in [0.717, 1.165) is 0 Å². The van der Waals surface area contributed by atoms with E-state index in [4.69, 9.17) is 9.69 Å². The summed E-state index contributed by atoms with van der Waals surface area (Å²) in [4.78, 5) is 10.3. The highest BCUT2D eigenvalue weighted by atomic mass is 28.4. The van der Waals surface area contributed by atoms with Crippen molar-refractivity contribution in [2.24, 2.45) is 0 Å². The smallest absolute Gasteiger partial charge is 0.310 e. The van der Waals surface area contributed by atoms with Gasteiger partial charge in [0.05, 0.1) is 16.6 Å². The van der Waals surface area contributed by atoms with Crippen LogP contribution in [0.1, 0.15) is 5.56 Å². The zero-order valence-corrected chi connectivity index (χ0v) is 10.4. The van der Waals surface area contributed by atoms with Crippen molar-refractivity contribution in [2.75, 3.05) is 0 Å². The Morgan fingerprint density at radius 3 is 2.50 bits per heavy atom. The molecule has 0 aromatic heterocycles. The highest BCUT2D eigenvalue weighted by Crippen LogP contribution is 2.29. The van der Waals surface area contributed by atoms with Crippen molar-refractivity contribution in [2.45, 2.75) is 19.6 Å². The molecule has 5 nitrogen and oxygen atoms in total. The quantitative estimate of drug-likeness (QED) is 0.459. The first-order valence-corrected chi connectivity index (χ1v) is 8.12. The van der Waals surface area contributed by atoms with Gasteiger partial charge in [-0.25, -0.2) is 0 Å². The minimum atomic E-state index is -1.89. The van der Waals surface area contributed by atoms with Crippen molar-refractivity contribution in [1.82, 2.24) is 0 Å². The maximum Gasteiger partial charge on any atom is 0.310 e. The Labute approximate surface area is 94.6 Å². The molecule has 0 fully saturated rings. The largest absolute Gasteiger partial charge is 0.540 e. The van der Waals surface area contributed by atoms with Gasteiger partial charge in [-0.1, -0.05) is 0 Å². The van der Waals surface area contributed by atoms with Gasteiger partial charge in [0, 0.05) is 6.07 Å². The minimum Gasteiger partial charge on any atom is -0.540 e. The van der Waals surface area contributed by atoms with Crippen LogP contribution >= 0.6 is 0 Å². The number of rotatable bonds is 3. The van der Waals surface area contributed by atoms with Gasteiger partial charge in [0.2, 0.25) is 8.32 Å². The number of hydrogen-bond donors (Lipinski definition) is 0. The summed E-state index contributed by atoms with van der Waals surface area (Å²) in [6.45, 7) is 5.82. The fourth-order valence-corrected chi connectivity index (χ4v) is 1.98. The molecule has 1 rings (SSSR count).